The van der Waals surface area contributed by atoms with Crippen LogP contribution in [0.4, 0.5) is 0 Å². The second-order valence-corrected chi connectivity index (χ2v) is 2.98. The number of nitrogens with zero attached hydrogens (tertiary/aromatic N) is 1. The van der Waals surface area contributed by atoms with Crippen LogP contribution in [0.3, 0.4) is 0 Å². The maximum absolute atomic E-state index is 8.71. The van der Waals surface area contributed by atoms with E-state index in [-0.39, 0.29) is 0 Å². The minimum Gasteiger partial charge on any atom is -0.491 e. The molecule has 1 aromatic rings. The van der Waals surface area contributed by atoms with Gasteiger partial charge in [-0.3, -0.25) is 0 Å². The van der Waals surface area contributed by atoms with Crippen molar-refractivity contribution in [3.63, 3.8) is 0 Å². The van der Waals surface area contributed by atoms with Gasteiger partial charge in [-0.1, -0.05) is 0 Å². The summed E-state index contributed by atoms with van der Waals surface area (Å²) in [5, 5.41) is 8.71. The molecule has 0 saturated carbocycles. The van der Waals surface area contributed by atoms with Crippen LogP contribution in [0.2, 0.25) is 0 Å². The van der Waals surface area contributed by atoms with Gasteiger partial charge < -0.3 is 15.2 Å². The lowest BCUT2D eigenvalue weighted by Gasteiger charge is -2.09. The summed E-state index contributed by atoms with van der Waals surface area (Å²) < 4.78 is 10.3. The Labute approximate surface area is 89.2 Å². The van der Waals surface area contributed by atoms with Crippen molar-refractivity contribution in [2.24, 2.45) is 5.73 Å². The van der Waals surface area contributed by atoms with Gasteiger partial charge in [0.25, 0.3) is 0 Å². The van der Waals surface area contributed by atoms with Gasteiger partial charge in [-0.05, 0) is 18.2 Å². The van der Waals surface area contributed by atoms with Crippen LogP contribution in [0.1, 0.15) is 11.1 Å². The summed E-state index contributed by atoms with van der Waals surface area (Å²) in [6.07, 6.45) is 0. The largest absolute Gasteiger partial charge is 0.491 e. The maximum Gasteiger partial charge on any atom is 0.123 e. The third kappa shape index (κ3) is 3.24. The predicted octanol–water partition coefficient (Wildman–Crippen LogP) is 1.04. The molecular weight excluding hydrogens is 192 g/mol. The molecule has 0 bridgehead atoms. The molecule has 0 atom stereocenters. The minimum atomic E-state index is 0.359. The first kappa shape index (κ1) is 11.5. The van der Waals surface area contributed by atoms with E-state index in [0.717, 1.165) is 5.56 Å². The molecule has 4 heteroatoms. The summed E-state index contributed by atoms with van der Waals surface area (Å²) in [6, 6.07) is 7.27. The highest BCUT2D eigenvalue weighted by Crippen LogP contribution is 2.19. The maximum atomic E-state index is 8.71. The lowest BCUT2D eigenvalue weighted by Crippen LogP contribution is -2.07. The Kier molecular flexibility index (Phi) is 4.61. The Morgan fingerprint density at radius 1 is 1.40 bits per heavy atom. The Morgan fingerprint density at radius 2 is 2.20 bits per heavy atom. The molecule has 0 aliphatic rings. The summed E-state index contributed by atoms with van der Waals surface area (Å²) in [5.41, 5.74) is 6.99. The molecule has 0 radical (unpaired) electrons. The van der Waals surface area contributed by atoms with Crippen molar-refractivity contribution in [3.05, 3.63) is 29.3 Å². The molecule has 80 valence electrons. The highest BCUT2D eigenvalue weighted by molar-refractivity contribution is 5.41. The first-order valence-electron chi connectivity index (χ1n) is 4.66. The van der Waals surface area contributed by atoms with E-state index in [1.807, 2.05) is 0 Å². The van der Waals surface area contributed by atoms with Gasteiger partial charge in [0, 0.05) is 19.2 Å². The van der Waals surface area contributed by atoms with E-state index < -0.39 is 0 Å². The second-order valence-electron chi connectivity index (χ2n) is 2.98. The zero-order valence-corrected chi connectivity index (χ0v) is 8.69. The third-order valence-corrected chi connectivity index (χ3v) is 1.95. The molecule has 0 heterocycles. The number of ether oxygens (including phenoxy) is 2. The summed E-state index contributed by atoms with van der Waals surface area (Å²) in [6.45, 7) is 1.37. The smallest absolute Gasteiger partial charge is 0.123 e. The van der Waals surface area contributed by atoms with Gasteiger partial charge in [0.05, 0.1) is 18.2 Å². The number of hydrogen-bond donors (Lipinski definition) is 1. The lowest BCUT2D eigenvalue weighted by molar-refractivity contribution is 0.146. The van der Waals surface area contributed by atoms with Crippen molar-refractivity contribution >= 4 is 0 Å². The summed E-state index contributed by atoms with van der Waals surface area (Å²) in [4.78, 5) is 0. The Morgan fingerprint density at radius 3 is 2.80 bits per heavy atom. The van der Waals surface area contributed by atoms with E-state index in [2.05, 4.69) is 6.07 Å². The van der Waals surface area contributed by atoms with Crippen molar-refractivity contribution in [3.8, 4) is 11.8 Å². The zero-order chi connectivity index (χ0) is 11.1. The van der Waals surface area contributed by atoms with E-state index in [4.69, 9.17) is 20.5 Å². The van der Waals surface area contributed by atoms with Crippen LogP contribution in [-0.4, -0.2) is 20.3 Å². The molecule has 0 fully saturated rings. The second kappa shape index (κ2) is 6.02. The Bertz CT molecular complexity index is 358. The topological polar surface area (TPSA) is 68.3 Å². The molecular formula is C11H14N2O2. The number of nitriles is 1. The van der Waals surface area contributed by atoms with Crippen LogP contribution in [0.25, 0.3) is 0 Å². The molecule has 0 aliphatic heterocycles. The molecule has 1 rings (SSSR count). The van der Waals surface area contributed by atoms with Gasteiger partial charge in [-0.15, -0.1) is 0 Å². The average Bonchev–Trinajstić information content (AvgIpc) is 2.29. The number of rotatable bonds is 5. The molecule has 4 nitrogen and oxygen atoms in total. The summed E-state index contributed by atoms with van der Waals surface area (Å²) in [7, 11) is 1.62. The van der Waals surface area contributed by atoms with Gasteiger partial charge in [0.15, 0.2) is 0 Å². The fourth-order valence-corrected chi connectivity index (χ4v) is 1.18. The van der Waals surface area contributed by atoms with Gasteiger partial charge >= 0.3 is 0 Å². The van der Waals surface area contributed by atoms with Crippen LogP contribution in [0.15, 0.2) is 18.2 Å². The summed E-state index contributed by atoms with van der Waals surface area (Å²) in [5.74, 6) is 0.716. The molecule has 0 amide bonds. The summed E-state index contributed by atoms with van der Waals surface area (Å²) >= 11 is 0. The van der Waals surface area contributed by atoms with Crippen molar-refractivity contribution in [2.45, 2.75) is 6.54 Å². The van der Waals surface area contributed by atoms with Crippen LogP contribution in [0, 0.1) is 11.3 Å². The Balaban J connectivity index is 2.75. The molecule has 1 aromatic carbocycles. The quantitative estimate of drug-likeness (QED) is 0.731. The first-order chi connectivity index (χ1) is 7.31. The normalized spacial score (nSPS) is 9.67. The first-order valence-corrected chi connectivity index (χ1v) is 4.66. The van der Waals surface area contributed by atoms with E-state index in [1.165, 1.54) is 0 Å². The fraction of sp³-hybridized carbons (Fsp3) is 0.364. The molecule has 0 aromatic heterocycles. The van der Waals surface area contributed by atoms with Gasteiger partial charge in [0.1, 0.15) is 12.4 Å². The molecule has 2 N–H and O–H groups in total. The number of benzene rings is 1. The van der Waals surface area contributed by atoms with Crippen LogP contribution in [-0.2, 0) is 11.3 Å². The van der Waals surface area contributed by atoms with Crippen molar-refractivity contribution < 1.29 is 9.47 Å². The third-order valence-electron chi connectivity index (χ3n) is 1.95. The average molecular weight is 206 g/mol. The van der Waals surface area contributed by atoms with Crippen LogP contribution in [0.5, 0.6) is 5.75 Å². The highest BCUT2D eigenvalue weighted by Gasteiger charge is 2.03. The number of hydrogen-bond acceptors (Lipinski definition) is 4. The minimum absolute atomic E-state index is 0.359. The molecule has 0 unspecified atom stereocenters. The van der Waals surface area contributed by atoms with Crippen molar-refractivity contribution in [2.75, 3.05) is 20.3 Å². The van der Waals surface area contributed by atoms with E-state index >= 15 is 0 Å². The molecule has 0 aliphatic carbocycles. The standard InChI is InChI=1S/C11H14N2O2/c1-14-4-5-15-11-3-2-9(7-12)6-10(11)8-13/h2-3,6H,4-5,8,13H2,1H3. The van der Waals surface area contributed by atoms with Crippen LogP contribution >= 0.6 is 0 Å². The van der Waals surface area contributed by atoms with Crippen molar-refractivity contribution in [1.29, 1.82) is 5.26 Å². The lowest BCUT2D eigenvalue weighted by atomic mass is 10.1. The molecule has 0 spiro atoms. The SMILES string of the molecule is COCCOc1ccc(C#N)cc1CN. The van der Waals surface area contributed by atoms with Gasteiger partial charge in [-0.2, -0.15) is 5.26 Å². The van der Waals surface area contributed by atoms with Crippen molar-refractivity contribution in [1.82, 2.24) is 0 Å². The van der Waals surface area contributed by atoms with E-state index in [1.54, 1.807) is 25.3 Å². The number of methoxy groups -OCH3 is 1. The zero-order valence-electron chi connectivity index (χ0n) is 8.69. The highest BCUT2D eigenvalue weighted by atomic mass is 16.5. The Hall–Kier alpha value is -1.57. The van der Waals surface area contributed by atoms with E-state index in [9.17, 15) is 0 Å². The van der Waals surface area contributed by atoms with Gasteiger partial charge in [0.2, 0.25) is 0 Å². The fourth-order valence-electron chi connectivity index (χ4n) is 1.18. The number of nitrogens with two attached hydrogens (primary N) is 1. The van der Waals surface area contributed by atoms with Crippen LogP contribution < -0.4 is 10.5 Å². The molecule has 0 saturated heterocycles. The predicted molar refractivity (Wildman–Crippen MR) is 56.4 cm³/mol. The van der Waals surface area contributed by atoms with Gasteiger partial charge in [-0.25, -0.2) is 0 Å². The monoisotopic (exact) mass is 206 g/mol. The van der Waals surface area contributed by atoms with E-state index in [0.29, 0.717) is 31.1 Å². The molecule has 15 heavy (non-hydrogen) atoms.